The van der Waals surface area contributed by atoms with Crippen molar-refractivity contribution in [1.29, 1.82) is 0 Å². The molecule has 0 bridgehead atoms. The van der Waals surface area contributed by atoms with Crippen LogP contribution in [0.25, 0.3) is 0 Å². The van der Waals surface area contributed by atoms with Crippen LogP contribution in [-0.4, -0.2) is 14.1 Å². The van der Waals surface area contributed by atoms with Crippen molar-refractivity contribution in [3.8, 4) is 5.75 Å². The largest absolute Gasteiger partial charge is 0.543 e. The monoisotopic (exact) mass is 368 g/mol. The zero-order valence-electron chi connectivity index (χ0n) is 17.0. The van der Waals surface area contributed by atoms with Gasteiger partial charge in [0.1, 0.15) is 5.75 Å². The van der Waals surface area contributed by atoms with Gasteiger partial charge in [0.05, 0.1) is 0 Å². The minimum atomic E-state index is -1.96. The SMILES string of the molecule is CC(C)[Si](Oc1ccc(C(=O)Cc2ccccc2)cc1)(C(C)C)C(C)C. The van der Waals surface area contributed by atoms with E-state index in [1.54, 1.807) is 0 Å². The van der Waals surface area contributed by atoms with Crippen molar-refractivity contribution in [3.63, 3.8) is 0 Å². The number of hydrogen-bond acceptors (Lipinski definition) is 2. The molecule has 0 aliphatic rings. The number of Topliss-reactive ketones (excluding diaryl/α,β-unsaturated/α-hetero) is 1. The average molecular weight is 369 g/mol. The molecule has 140 valence electrons. The topological polar surface area (TPSA) is 26.3 Å². The van der Waals surface area contributed by atoms with Gasteiger partial charge in [-0.05, 0) is 46.5 Å². The lowest BCUT2D eigenvalue weighted by atomic mass is 10.0. The Morgan fingerprint density at radius 1 is 0.808 bits per heavy atom. The third-order valence-electron chi connectivity index (χ3n) is 5.39. The van der Waals surface area contributed by atoms with Crippen LogP contribution in [0.4, 0.5) is 0 Å². The molecule has 0 aliphatic carbocycles. The summed E-state index contributed by atoms with van der Waals surface area (Å²) in [6.07, 6.45) is 0.434. The maximum Gasteiger partial charge on any atom is 0.258 e. The zero-order chi connectivity index (χ0) is 19.3. The van der Waals surface area contributed by atoms with Crippen molar-refractivity contribution >= 4 is 14.1 Å². The van der Waals surface area contributed by atoms with Crippen LogP contribution in [0.1, 0.15) is 57.5 Å². The number of carbonyl (C=O) groups excluding carboxylic acids is 1. The van der Waals surface area contributed by atoms with Crippen LogP contribution < -0.4 is 4.43 Å². The van der Waals surface area contributed by atoms with Gasteiger partial charge in [-0.25, -0.2) is 0 Å². The molecule has 0 heterocycles. The molecule has 0 spiro atoms. The Morgan fingerprint density at radius 2 is 1.31 bits per heavy atom. The van der Waals surface area contributed by atoms with Gasteiger partial charge < -0.3 is 4.43 Å². The molecule has 2 rings (SSSR count). The Kier molecular flexibility index (Phi) is 6.82. The van der Waals surface area contributed by atoms with Gasteiger partial charge >= 0.3 is 0 Å². The van der Waals surface area contributed by atoms with Crippen LogP contribution in [0.15, 0.2) is 54.6 Å². The summed E-state index contributed by atoms with van der Waals surface area (Å²) < 4.78 is 6.67. The van der Waals surface area contributed by atoms with E-state index < -0.39 is 8.32 Å². The quantitative estimate of drug-likeness (QED) is 0.384. The molecule has 0 saturated carbocycles. The molecule has 2 aromatic rings. The summed E-state index contributed by atoms with van der Waals surface area (Å²) in [6.45, 7) is 13.7. The highest BCUT2D eigenvalue weighted by atomic mass is 28.4. The van der Waals surface area contributed by atoms with E-state index in [0.717, 1.165) is 16.9 Å². The van der Waals surface area contributed by atoms with Crippen LogP contribution in [0.2, 0.25) is 16.6 Å². The Morgan fingerprint density at radius 3 is 1.77 bits per heavy atom. The predicted molar refractivity (Wildman–Crippen MR) is 113 cm³/mol. The van der Waals surface area contributed by atoms with E-state index in [4.69, 9.17) is 4.43 Å². The Bertz CT molecular complexity index is 681. The summed E-state index contributed by atoms with van der Waals surface area (Å²) in [5, 5.41) is 0. The molecular weight excluding hydrogens is 336 g/mol. The number of hydrogen-bond donors (Lipinski definition) is 0. The number of carbonyl (C=O) groups is 1. The fraction of sp³-hybridized carbons (Fsp3) is 0.435. The highest BCUT2D eigenvalue weighted by molar-refractivity contribution is 6.78. The predicted octanol–water partition coefficient (Wildman–Crippen LogP) is 6.67. The van der Waals surface area contributed by atoms with E-state index >= 15 is 0 Å². The van der Waals surface area contributed by atoms with Crippen LogP contribution in [-0.2, 0) is 6.42 Å². The number of benzene rings is 2. The molecule has 2 nitrogen and oxygen atoms in total. The third-order valence-corrected chi connectivity index (χ3v) is 11.4. The summed E-state index contributed by atoms with van der Waals surface area (Å²) in [5.74, 6) is 1.03. The summed E-state index contributed by atoms with van der Waals surface area (Å²) in [4.78, 5) is 12.5. The lowest BCUT2D eigenvalue weighted by Gasteiger charge is -2.42. The maximum absolute atomic E-state index is 12.5. The zero-order valence-corrected chi connectivity index (χ0v) is 18.0. The van der Waals surface area contributed by atoms with Crippen molar-refractivity contribution < 1.29 is 9.22 Å². The van der Waals surface area contributed by atoms with Crippen LogP contribution in [0.5, 0.6) is 5.75 Å². The normalized spacial score (nSPS) is 12.0. The molecule has 0 aromatic heterocycles. The third kappa shape index (κ3) is 4.45. The van der Waals surface area contributed by atoms with Gasteiger partial charge in [-0.3, -0.25) is 4.79 Å². The summed E-state index contributed by atoms with van der Waals surface area (Å²) in [7, 11) is -1.96. The van der Waals surface area contributed by atoms with Gasteiger partial charge in [0.2, 0.25) is 0 Å². The van der Waals surface area contributed by atoms with Gasteiger partial charge in [-0.15, -0.1) is 0 Å². The fourth-order valence-electron chi connectivity index (χ4n) is 4.15. The van der Waals surface area contributed by atoms with Crippen molar-refractivity contribution in [3.05, 3.63) is 65.7 Å². The van der Waals surface area contributed by atoms with E-state index in [9.17, 15) is 4.79 Å². The standard InChI is InChI=1S/C23H32O2Si/c1-17(2)26(18(3)4,19(5)6)25-22-14-12-21(13-15-22)23(24)16-20-10-8-7-9-11-20/h7-15,17-19H,16H2,1-6H3. The van der Waals surface area contributed by atoms with Gasteiger partial charge in [0.15, 0.2) is 5.78 Å². The van der Waals surface area contributed by atoms with Gasteiger partial charge in [0.25, 0.3) is 8.32 Å². The van der Waals surface area contributed by atoms with E-state index in [-0.39, 0.29) is 5.78 Å². The van der Waals surface area contributed by atoms with Gasteiger partial charge in [-0.2, -0.15) is 0 Å². The second kappa shape index (κ2) is 8.68. The van der Waals surface area contributed by atoms with E-state index in [1.165, 1.54) is 0 Å². The number of rotatable bonds is 8. The highest BCUT2D eigenvalue weighted by Gasteiger charge is 2.46. The molecule has 0 radical (unpaired) electrons. The molecule has 0 fully saturated rings. The first-order valence-corrected chi connectivity index (χ1v) is 11.8. The van der Waals surface area contributed by atoms with Crippen molar-refractivity contribution in [2.75, 3.05) is 0 Å². The van der Waals surface area contributed by atoms with E-state index in [0.29, 0.717) is 23.0 Å². The van der Waals surface area contributed by atoms with E-state index in [2.05, 4.69) is 41.5 Å². The average Bonchev–Trinajstić information content (AvgIpc) is 2.60. The van der Waals surface area contributed by atoms with Crippen molar-refractivity contribution in [1.82, 2.24) is 0 Å². The first-order chi connectivity index (χ1) is 12.3. The summed E-state index contributed by atoms with van der Waals surface area (Å²) in [5.41, 5.74) is 3.38. The van der Waals surface area contributed by atoms with Gasteiger partial charge in [0, 0.05) is 12.0 Å². The smallest absolute Gasteiger partial charge is 0.258 e. The molecule has 0 amide bonds. The molecule has 2 aromatic carbocycles. The first kappa shape index (κ1) is 20.4. The second-order valence-electron chi connectivity index (χ2n) is 8.03. The van der Waals surface area contributed by atoms with E-state index in [1.807, 2.05) is 54.6 Å². The number of ketones is 1. The Labute approximate surface area is 159 Å². The molecule has 0 aliphatic heterocycles. The van der Waals surface area contributed by atoms with Crippen molar-refractivity contribution in [2.45, 2.75) is 64.6 Å². The summed E-state index contributed by atoms with van der Waals surface area (Å²) >= 11 is 0. The maximum atomic E-state index is 12.5. The second-order valence-corrected chi connectivity index (χ2v) is 13.4. The minimum Gasteiger partial charge on any atom is -0.543 e. The molecule has 0 N–H and O–H groups in total. The molecular formula is C23H32O2Si. The van der Waals surface area contributed by atoms with Crippen molar-refractivity contribution in [2.24, 2.45) is 0 Å². The molecule has 0 saturated heterocycles. The fourth-order valence-corrected chi connectivity index (χ4v) is 9.40. The first-order valence-electron chi connectivity index (χ1n) is 9.63. The molecule has 26 heavy (non-hydrogen) atoms. The van der Waals surface area contributed by atoms with Crippen LogP contribution in [0.3, 0.4) is 0 Å². The summed E-state index contributed by atoms with van der Waals surface area (Å²) in [6, 6.07) is 17.6. The van der Waals surface area contributed by atoms with Gasteiger partial charge in [-0.1, -0.05) is 71.9 Å². The molecule has 0 atom stereocenters. The lowest BCUT2D eigenvalue weighted by Crippen LogP contribution is -2.50. The van der Waals surface area contributed by atoms with Crippen LogP contribution in [0, 0.1) is 0 Å². The minimum absolute atomic E-state index is 0.142. The Hall–Kier alpha value is -1.87. The molecule has 0 unspecified atom stereocenters. The molecule has 3 heteroatoms. The Balaban J connectivity index is 2.17. The highest BCUT2D eigenvalue weighted by Crippen LogP contribution is 2.42. The lowest BCUT2D eigenvalue weighted by molar-refractivity contribution is 0.0993. The van der Waals surface area contributed by atoms with Crippen LogP contribution >= 0.6 is 0 Å².